The molecule has 2 amide bonds. The molecule has 3 unspecified atom stereocenters. The molecule has 2 aliphatic carbocycles. The van der Waals surface area contributed by atoms with Gasteiger partial charge in [-0.3, -0.25) is 9.69 Å². The Hall–Kier alpha value is -3.84. The molecule has 2 bridgehead atoms. The fourth-order valence-corrected chi connectivity index (χ4v) is 7.91. The highest BCUT2D eigenvalue weighted by molar-refractivity contribution is 5.90. The fourth-order valence-electron chi connectivity index (χ4n) is 7.91. The second-order valence-electron chi connectivity index (χ2n) is 14.2. The predicted octanol–water partition coefficient (Wildman–Crippen LogP) is 2.05. The highest BCUT2D eigenvalue weighted by Crippen LogP contribution is 2.65. The fraction of sp³-hybridized carbons (Fsp3) is 0.636. The smallest absolute Gasteiger partial charge is 0.410 e. The van der Waals surface area contributed by atoms with E-state index in [2.05, 4.69) is 10.2 Å². The lowest BCUT2D eigenvalue weighted by atomic mass is 9.50. The van der Waals surface area contributed by atoms with E-state index in [0.717, 1.165) is 11.1 Å². The Kier molecular flexibility index (Phi) is 7.78. The number of carbonyl (C=O) groups excluding carboxylic acids is 4. The van der Waals surface area contributed by atoms with Crippen LogP contribution >= 0.6 is 0 Å². The molecule has 1 spiro atoms. The second kappa shape index (κ2) is 11.2. The zero-order valence-corrected chi connectivity index (χ0v) is 27.1. The molecule has 3 N–H and O–H groups in total. The Balaban J connectivity index is 1.11. The van der Waals surface area contributed by atoms with Crippen LogP contribution in [0.1, 0.15) is 71.4 Å². The van der Waals surface area contributed by atoms with Gasteiger partial charge >= 0.3 is 18.0 Å². The third kappa shape index (κ3) is 4.98. The number of ether oxygens (including phenoxy) is 4. The van der Waals surface area contributed by atoms with E-state index in [-0.39, 0.29) is 24.0 Å². The number of nitrogens with one attached hydrogen (secondary N) is 1. The lowest BCUT2D eigenvalue weighted by molar-refractivity contribution is -0.176. The van der Waals surface area contributed by atoms with E-state index < -0.39 is 64.8 Å². The third-order valence-electron chi connectivity index (χ3n) is 10.1. The number of likely N-dealkylation sites (tertiary alicyclic amines) is 2. The minimum Gasteiger partial charge on any atom is -0.504 e. The SMILES string of the molecule is CC(NC(=O)C1CCCN1C(=O)OC(C)(C)C)C(=O)OC(C)C(=O)OC1=CC[C@@]2(O)[C@H]3Cc4ccc(O)c5c4[C@@]2(CCN3C)[C@H]1O5. The largest absolute Gasteiger partial charge is 0.504 e. The predicted molar refractivity (Wildman–Crippen MR) is 162 cm³/mol. The number of aliphatic hydroxyl groups is 1. The maximum Gasteiger partial charge on any atom is 0.410 e. The van der Waals surface area contributed by atoms with E-state index in [9.17, 15) is 29.4 Å². The molecule has 5 aliphatic rings. The number of hydrogen-bond acceptors (Lipinski definition) is 11. The first kappa shape index (κ1) is 32.1. The van der Waals surface area contributed by atoms with Crippen LogP contribution < -0.4 is 10.1 Å². The van der Waals surface area contributed by atoms with Gasteiger partial charge in [-0.2, -0.15) is 0 Å². The van der Waals surface area contributed by atoms with Crippen LogP contribution in [0.15, 0.2) is 24.0 Å². The average molecular weight is 642 g/mol. The molecular weight excluding hydrogens is 598 g/mol. The third-order valence-corrected chi connectivity index (χ3v) is 10.1. The van der Waals surface area contributed by atoms with E-state index in [1.54, 1.807) is 32.9 Å². The number of aromatic hydroxyl groups is 1. The highest BCUT2D eigenvalue weighted by atomic mass is 16.6. The molecule has 1 aromatic carbocycles. The second-order valence-corrected chi connectivity index (χ2v) is 14.2. The molecule has 3 heterocycles. The Morgan fingerprint density at radius 1 is 1.13 bits per heavy atom. The molecule has 0 radical (unpaired) electrons. The maximum atomic E-state index is 13.3. The first-order valence-corrected chi connectivity index (χ1v) is 15.9. The molecule has 7 atom stereocenters. The number of nitrogens with zero attached hydrogens (tertiary/aromatic N) is 2. The van der Waals surface area contributed by atoms with Gasteiger partial charge in [-0.25, -0.2) is 14.4 Å². The van der Waals surface area contributed by atoms with Crippen LogP contribution in [0.25, 0.3) is 0 Å². The van der Waals surface area contributed by atoms with Crippen molar-refractivity contribution < 1.29 is 48.3 Å². The maximum absolute atomic E-state index is 13.3. The van der Waals surface area contributed by atoms with Crippen molar-refractivity contribution >= 4 is 23.9 Å². The number of amides is 2. The van der Waals surface area contributed by atoms with Crippen LogP contribution in [0, 0.1) is 0 Å². The summed E-state index contributed by atoms with van der Waals surface area (Å²) in [4.78, 5) is 55.3. The first-order chi connectivity index (χ1) is 21.6. The van der Waals surface area contributed by atoms with E-state index in [1.807, 2.05) is 13.1 Å². The minimum absolute atomic E-state index is 0.0434. The van der Waals surface area contributed by atoms with Gasteiger partial charge < -0.3 is 39.4 Å². The van der Waals surface area contributed by atoms with Gasteiger partial charge in [0.05, 0.1) is 11.0 Å². The molecule has 1 aromatic rings. The summed E-state index contributed by atoms with van der Waals surface area (Å²) >= 11 is 0. The van der Waals surface area contributed by atoms with Crippen LogP contribution in [-0.4, -0.2) is 106 Å². The normalized spacial score (nSPS) is 30.7. The lowest BCUT2D eigenvalue weighted by Crippen LogP contribution is -2.74. The Bertz CT molecular complexity index is 1500. The van der Waals surface area contributed by atoms with Crippen molar-refractivity contribution in [1.29, 1.82) is 0 Å². The summed E-state index contributed by atoms with van der Waals surface area (Å²) in [7, 11) is 1.98. The van der Waals surface area contributed by atoms with Gasteiger partial charge in [-0.1, -0.05) is 6.07 Å². The zero-order chi connectivity index (χ0) is 33.3. The number of esters is 2. The molecule has 13 nitrogen and oxygen atoms in total. The molecule has 0 saturated carbocycles. The Morgan fingerprint density at radius 3 is 2.59 bits per heavy atom. The molecule has 6 rings (SSSR count). The summed E-state index contributed by atoms with van der Waals surface area (Å²) in [5.41, 5.74) is -1.11. The molecule has 13 heteroatoms. The number of carbonyl (C=O) groups is 4. The number of phenolic OH excluding ortho intramolecular Hbond substituents is 1. The van der Waals surface area contributed by atoms with Crippen LogP contribution in [0.3, 0.4) is 0 Å². The molecule has 0 aromatic heterocycles. The van der Waals surface area contributed by atoms with Gasteiger partial charge in [0, 0.05) is 24.6 Å². The van der Waals surface area contributed by atoms with Crippen molar-refractivity contribution in [1.82, 2.24) is 15.1 Å². The summed E-state index contributed by atoms with van der Waals surface area (Å²) in [6, 6.07) is 1.35. The summed E-state index contributed by atoms with van der Waals surface area (Å²) in [5, 5.41) is 25.5. The molecule has 46 heavy (non-hydrogen) atoms. The van der Waals surface area contributed by atoms with Gasteiger partial charge in [0.15, 0.2) is 23.7 Å². The number of rotatable bonds is 6. The van der Waals surface area contributed by atoms with Crippen molar-refractivity contribution in [2.45, 2.75) is 114 Å². The Morgan fingerprint density at radius 2 is 1.87 bits per heavy atom. The molecule has 250 valence electrons. The minimum atomic E-state index is -1.33. The topological polar surface area (TPSA) is 164 Å². The van der Waals surface area contributed by atoms with E-state index in [0.29, 0.717) is 44.5 Å². The number of benzene rings is 1. The van der Waals surface area contributed by atoms with Gasteiger partial charge in [0.25, 0.3) is 0 Å². The van der Waals surface area contributed by atoms with E-state index in [1.165, 1.54) is 18.7 Å². The monoisotopic (exact) mass is 641 g/mol. The summed E-state index contributed by atoms with van der Waals surface area (Å²) < 4.78 is 22.9. The molecule has 2 fully saturated rings. The van der Waals surface area contributed by atoms with Crippen LogP contribution in [0.4, 0.5) is 4.79 Å². The average Bonchev–Trinajstić information content (AvgIpc) is 3.60. The van der Waals surface area contributed by atoms with Crippen LogP contribution in [0.2, 0.25) is 0 Å². The number of piperidine rings is 1. The van der Waals surface area contributed by atoms with E-state index >= 15 is 0 Å². The van der Waals surface area contributed by atoms with Gasteiger partial charge in [0.2, 0.25) is 5.91 Å². The summed E-state index contributed by atoms with van der Waals surface area (Å²) in [6.45, 7) is 9.06. The van der Waals surface area contributed by atoms with Gasteiger partial charge in [-0.05, 0) is 91.6 Å². The summed E-state index contributed by atoms with van der Waals surface area (Å²) in [5.74, 6) is -1.78. The molecule has 3 aliphatic heterocycles. The number of likely N-dealkylation sites (N-methyl/N-ethyl adjacent to an activating group) is 1. The van der Waals surface area contributed by atoms with Crippen molar-refractivity contribution in [3.8, 4) is 11.5 Å². The highest BCUT2D eigenvalue weighted by Gasteiger charge is 2.72. The zero-order valence-electron chi connectivity index (χ0n) is 27.1. The van der Waals surface area contributed by atoms with Crippen LogP contribution in [0.5, 0.6) is 11.5 Å². The molecule has 2 saturated heterocycles. The number of hydrogen-bond donors (Lipinski definition) is 3. The van der Waals surface area contributed by atoms with Crippen molar-refractivity contribution in [3.63, 3.8) is 0 Å². The quantitative estimate of drug-likeness (QED) is 0.308. The first-order valence-electron chi connectivity index (χ1n) is 15.9. The van der Waals surface area contributed by atoms with Crippen molar-refractivity contribution in [2.75, 3.05) is 20.1 Å². The van der Waals surface area contributed by atoms with Gasteiger partial charge in [-0.15, -0.1) is 0 Å². The number of phenols is 1. The van der Waals surface area contributed by atoms with Crippen molar-refractivity contribution in [3.05, 3.63) is 35.1 Å². The van der Waals surface area contributed by atoms with Gasteiger partial charge in [0.1, 0.15) is 23.4 Å². The van der Waals surface area contributed by atoms with E-state index in [4.69, 9.17) is 18.9 Å². The Labute approximate surface area is 267 Å². The molecular formula is C33H43N3O10. The lowest BCUT2D eigenvalue weighted by Gasteiger charge is -2.61. The standard InChI is InChI=1S/C33H43N3O10/c1-17(34-27(38)20-8-7-14-36(20)30(41)46-31(3,4)5)28(39)43-18(2)29(40)44-22-11-12-33(42)23-16-19-9-10-21(37)25-24(19)32(33,26(22)45-25)13-15-35(23)6/h9-11,17-18,20,23,26,37,42H,7-8,12-16H2,1-6H3,(H,34,38)/t17?,18?,20?,23-,26+,32+,33-/m1/s1. The summed E-state index contributed by atoms with van der Waals surface area (Å²) in [6.07, 6.45) is 1.21. The van der Waals surface area contributed by atoms with Crippen LogP contribution in [-0.2, 0) is 40.4 Å². The van der Waals surface area contributed by atoms with Crippen molar-refractivity contribution in [2.24, 2.45) is 0 Å².